The Morgan fingerprint density at radius 2 is 2.21 bits per heavy atom. The van der Waals surface area contributed by atoms with Gasteiger partial charge in [0, 0.05) is 25.4 Å². The molecular formula is C12H21NO. The van der Waals surface area contributed by atoms with Crippen LogP contribution in [-0.4, -0.2) is 29.8 Å². The highest BCUT2D eigenvalue weighted by atomic mass is 16.1. The van der Waals surface area contributed by atoms with Gasteiger partial charge in [0.25, 0.3) is 0 Å². The van der Waals surface area contributed by atoms with Gasteiger partial charge in [-0.1, -0.05) is 19.3 Å². The zero-order chi connectivity index (χ0) is 9.97. The maximum atomic E-state index is 11.2. The molecule has 1 aliphatic carbocycles. The first-order valence-corrected chi connectivity index (χ1v) is 6.01. The molecule has 0 amide bonds. The van der Waals surface area contributed by atoms with Crippen molar-refractivity contribution < 1.29 is 4.79 Å². The van der Waals surface area contributed by atoms with Crippen LogP contribution in [-0.2, 0) is 4.79 Å². The molecule has 1 atom stereocenters. The molecule has 0 N–H and O–H groups in total. The summed E-state index contributed by atoms with van der Waals surface area (Å²) in [7, 11) is 0. The minimum atomic E-state index is 0.456. The molecule has 0 aromatic rings. The second kappa shape index (κ2) is 4.43. The van der Waals surface area contributed by atoms with Gasteiger partial charge in [-0.05, 0) is 25.8 Å². The SMILES string of the molecule is CC1CC(=O)CCN1CCC1CCC1. The van der Waals surface area contributed by atoms with Crippen molar-refractivity contribution >= 4 is 5.78 Å². The molecule has 2 fully saturated rings. The van der Waals surface area contributed by atoms with E-state index in [9.17, 15) is 4.79 Å². The van der Waals surface area contributed by atoms with Crippen LogP contribution >= 0.6 is 0 Å². The smallest absolute Gasteiger partial charge is 0.135 e. The number of hydrogen-bond acceptors (Lipinski definition) is 2. The van der Waals surface area contributed by atoms with Gasteiger partial charge < -0.3 is 0 Å². The van der Waals surface area contributed by atoms with Crippen LogP contribution in [0, 0.1) is 5.92 Å². The normalized spacial score (nSPS) is 30.4. The fraction of sp³-hybridized carbons (Fsp3) is 0.917. The largest absolute Gasteiger partial charge is 0.300 e. The molecule has 1 heterocycles. The summed E-state index contributed by atoms with van der Waals surface area (Å²) in [6, 6.07) is 0.497. The number of hydrogen-bond donors (Lipinski definition) is 0. The van der Waals surface area contributed by atoms with Gasteiger partial charge in [0.1, 0.15) is 5.78 Å². The van der Waals surface area contributed by atoms with Gasteiger partial charge in [0.2, 0.25) is 0 Å². The summed E-state index contributed by atoms with van der Waals surface area (Å²) in [5, 5.41) is 0. The van der Waals surface area contributed by atoms with E-state index in [1.54, 1.807) is 0 Å². The molecule has 0 radical (unpaired) electrons. The first-order valence-electron chi connectivity index (χ1n) is 6.01. The lowest BCUT2D eigenvalue weighted by atomic mass is 9.82. The maximum Gasteiger partial charge on any atom is 0.135 e. The molecular weight excluding hydrogens is 174 g/mol. The van der Waals surface area contributed by atoms with E-state index in [4.69, 9.17) is 0 Å². The molecule has 2 aliphatic rings. The molecule has 1 saturated carbocycles. The summed E-state index contributed by atoms with van der Waals surface area (Å²) >= 11 is 0. The average Bonchev–Trinajstić information content (AvgIpc) is 2.05. The van der Waals surface area contributed by atoms with E-state index >= 15 is 0 Å². The third-order valence-corrected chi connectivity index (χ3v) is 3.87. The van der Waals surface area contributed by atoms with Crippen molar-refractivity contribution in [3.05, 3.63) is 0 Å². The minimum absolute atomic E-state index is 0.456. The lowest BCUT2D eigenvalue weighted by molar-refractivity contribution is -0.123. The van der Waals surface area contributed by atoms with Gasteiger partial charge in [0.15, 0.2) is 0 Å². The van der Waals surface area contributed by atoms with Gasteiger partial charge in [0.05, 0.1) is 0 Å². The maximum absolute atomic E-state index is 11.2. The molecule has 1 saturated heterocycles. The predicted molar refractivity (Wildman–Crippen MR) is 57.2 cm³/mol. The molecule has 0 aromatic heterocycles. The molecule has 2 nitrogen and oxygen atoms in total. The quantitative estimate of drug-likeness (QED) is 0.688. The van der Waals surface area contributed by atoms with Crippen molar-refractivity contribution in [1.82, 2.24) is 4.90 Å². The molecule has 2 heteroatoms. The summed E-state index contributed by atoms with van der Waals surface area (Å²) in [5.41, 5.74) is 0. The van der Waals surface area contributed by atoms with E-state index in [-0.39, 0.29) is 0 Å². The van der Waals surface area contributed by atoms with Crippen molar-refractivity contribution in [2.75, 3.05) is 13.1 Å². The first-order chi connectivity index (χ1) is 6.75. The van der Waals surface area contributed by atoms with E-state index in [1.165, 1.54) is 32.2 Å². The fourth-order valence-corrected chi connectivity index (χ4v) is 2.51. The Morgan fingerprint density at radius 1 is 1.43 bits per heavy atom. The number of ketones is 1. The van der Waals surface area contributed by atoms with Crippen molar-refractivity contribution in [3.8, 4) is 0 Å². The minimum Gasteiger partial charge on any atom is -0.300 e. The van der Waals surface area contributed by atoms with Gasteiger partial charge >= 0.3 is 0 Å². The summed E-state index contributed by atoms with van der Waals surface area (Å²) in [5.74, 6) is 1.46. The summed E-state index contributed by atoms with van der Waals surface area (Å²) in [6.45, 7) is 4.42. The van der Waals surface area contributed by atoms with Crippen LogP contribution in [0.2, 0.25) is 0 Å². The van der Waals surface area contributed by atoms with Crippen molar-refractivity contribution in [3.63, 3.8) is 0 Å². The highest BCUT2D eigenvalue weighted by molar-refractivity contribution is 5.79. The lowest BCUT2D eigenvalue weighted by Gasteiger charge is -2.35. The van der Waals surface area contributed by atoms with E-state index in [1.807, 2.05) is 0 Å². The van der Waals surface area contributed by atoms with Crippen molar-refractivity contribution in [1.29, 1.82) is 0 Å². The number of carbonyl (C=O) groups excluding carboxylic acids is 1. The molecule has 14 heavy (non-hydrogen) atoms. The fourth-order valence-electron chi connectivity index (χ4n) is 2.51. The standard InChI is InChI=1S/C12H21NO/c1-10-9-12(14)6-8-13(10)7-5-11-3-2-4-11/h10-11H,2-9H2,1H3. The Kier molecular flexibility index (Phi) is 3.22. The van der Waals surface area contributed by atoms with E-state index in [0.717, 1.165) is 25.3 Å². The zero-order valence-electron chi connectivity index (χ0n) is 9.17. The Hall–Kier alpha value is -0.370. The Balaban J connectivity index is 1.71. The summed E-state index contributed by atoms with van der Waals surface area (Å²) < 4.78 is 0. The first kappa shape index (κ1) is 10.2. The van der Waals surface area contributed by atoms with Crippen LogP contribution in [0.4, 0.5) is 0 Å². The number of carbonyl (C=O) groups is 1. The average molecular weight is 195 g/mol. The Morgan fingerprint density at radius 3 is 2.79 bits per heavy atom. The Bertz CT molecular complexity index is 210. The number of piperidine rings is 1. The van der Waals surface area contributed by atoms with Crippen LogP contribution in [0.3, 0.4) is 0 Å². The van der Waals surface area contributed by atoms with Crippen LogP contribution in [0.25, 0.3) is 0 Å². The molecule has 0 bridgehead atoms. The zero-order valence-corrected chi connectivity index (χ0v) is 9.17. The molecule has 80 valence electrons. The monoisotopic (exact) mass is 195 g/mol. The number of nitrogens with zero attached hydrogens (tertiary/aromatic N) is 1. The predicted octanol–water partition coefficient (Wildman–Crippen LogP) is 2.23. The summed E-state index contributed by atoms with van der Waals surface area (Å²) in [4.78, 5) is 13.7. The lowest BCUT2D eigenvalue weighted by Crippen LogP contribution is -2.42. The third-order valence-electron chi connectivity index (χ3n) is 3.87. The number of rotatable bonds is 3. The van der Waals surface area contributed by atoms with E-state index in [0.29, 0.717) is 11.8 Å². The Labute approximate surface area is 86.7 Å². The molecule has 0 aromatic carbocycles. The number of Topliss-reactive ketones (excluding diaryl/α,β-unsaturated/α-hetero) is 1. The van der Waals surface area contributed by atoms with Crippen molar-refractivity contribution in [2.24, 2.45) is 5.92 Å². The van der Waals surface area contributed by atoms with Gasteiger partial charge in [-0.15, -0.1) is 0 Å². The molecule has 0 spiro atoms. The van der Waals surface area contributed by atoms with Gasteiger partial charge in [-0.25, -0.2) is 0 Å². The number of likely N-dealkylation sites (tertiary alicyclic amines) is 1. The highest BCUT2D eigenvalue weighted by Crippen LogP contribution is 2.30. The second-order valence-electron chi connectivity index (χ2n) is 4.96. The van der Waals surface area contributed by atoms with Crippen LogP contribution in [0.1, 0.15) is 45.4 Å². The van der Waals surface area contributed by atoms with Gasteiger partial charge in [-0.3, -0.25) is 9.69 Å². The van der Waals surface area contributed by atoms with Crippen molar-refractivity contribution in [2.45, 2.75) is 51.5 Å². The summed E-state index contributed by atoms with van der Waals surface area (Å²) in [6.07, 6.45) is 7.26. The highest BCUT2D eigenvalue weighted by Gasteiger charge is 2.25. The third kappa shape index (κ3) is 2.35. The topological polar surface area (TPSA) is 20.3 Å². The molecule has 1 unspecified atom stereocenters. The van der Waals surface area contributed by atoms with Crippen LogP contribution < -0.4 is 0 Å². The van der Waals surface area contributed by atoms with Crippen LogP contribution in [0.5, 0.6) is 0 Å². The van der Waals surface area contributed by atoms with Gasteiger partial charge in [-0.2, -0.15) is 0 Å². The van der Waals surface area contributed by atoms with E-state index < -0.39 is 0 Å². The van der Waals surface area contributed by atoms with Crippen LogP contribution in [0.15, 0.2) is 0 Å². The van der Waals surface area contributed by atoms with E-state index in [2.05, 4.69) is 11.8 Å². The molecule has 1 aliphatic heterocycles. The molecule has 2 rings (SSSR count). The second-order valence-corrected chi connectivity index (χ2v) is 4.96.